The Morgan fingerprint density at radius 3 is 2.24 bits per heavy atom. The second-order valence-electron chi connectivity index (χ2n) is 8.06. The van der Waals surface area contributed by atoms with Crippen LogP contribution in [0.15, 0.2) is 57.9 Å². The largest absolute Gasteiger partial charge is 0.495 e. The van der Waals surface area contributed by atoms with E-state index in [2.05, 4.69) is 21.2 Å². The Morgan fingerprint density at radius 1 is 1.00 bits per heavy atom. The fourth-order valence-electron chi connectivity index (χ4n) is 3.57. The SMILES string of the molecule is COc1ccc(C)cc1S(=O)(=O)N(CC(=O)Nc1c(C)cc(Br)cc1C)c1ccc(C)c(Cl)c1. The maximum atomic E-state index is 13.8. The van der Waals surface area contributed by atoms with Crippen LogP contribution in [0, 0.1) is 27.7 Å². The zero-order valence-corrected chi connectivity index (χ0v) is 22.7. The predicted octanol–water partition coefficient (Wildman–Crippen LogP) is 6.18. The summed E-state index contributed by atoms with van der Waals surface area (Å²) in [5, 5.41) is 3.26. The van der Waals surface area contributed by atoms with Gasteiger partial charge in [-0.25, -0.2) is 8.42 Å². The first kappa shape index (κ1) is 26.1. The molecule has 0 fully saturated rings. The molecule has 1 amide bonds. The number of ether oxygens (including phenoxy) is 1. The van der Waals surface area contributed by atoms with E-state index in [0.29, 0.717) is 10.7 Å². The molecular weight excluding hydrogens is 540 g/mol. The number of nitrogens with zero attached hydrogens (tertiary/aromatic N) is 1. The van der Waals surface area contributed by atoms with Crippen molar-refractivity contribution < 1.29 is 17.9 Å². The summed E-state index contributed by atoms with van der Waals surface area (Å²) in [6.07, 6.45) is 0. The van der Waals surface area contributed by atoms with E-state index in [1.54, 1.807) is 37.3 Å². The molecule has 0 aliphatic rings. The van der Waals surface area contributed by atoms with Crippen molar-refractivity contribution in [1.29, 1.82) is 0 Å². The van der Waals surface area contributed by atoms with Crippen molar-refractivity contribution >= 4 is 54.8 Å². The molecule has 0 unspecified atom stereocenters. The minimum atomic E-state index is -4.18. The van der Waals surface area contributed by atoms with Crippen LogP contribution in [-0.2, 0) is 14.8 Å². The third-order valence-electron chi connectivity index (χ3n) is 5.38. The van der Waals surface area contributed by atoms with Gasteiger partial charge in [-0.05, 0) is 86.3 Å². The van der Waals surface area contributed by atoms with Crippen molar-refractivity contribution in [3.63, 3.8) is 0 Å². The molecular formula is C25H26BrClN2O4S. The van der Waals surface area contributed by atoms with E-state index in [9.17, 15) is 13.2 Å². The molecule has 0 bridgehead atoms. The van der Waals surface area contributed by atoms with Crippen LogP contribution in [0.1, 0.15) is 22.3 Å². The summed E-state index contributed by atoms with van der Waals surface area (Å²) < 4.78 is 35.0. The molecule has 180 valence electrons. The number of nitrogens with one attached hydrogen (secondary N) is 1. The Kier molecular flexibility index (Phi) is 7.95. The monoisotopic (exact) mass is 564 g/mol. The van der Waals surface area contributed by atoms with Gasteiger partial charge >= 0.3 is 0 Å². The van der Waals surface area contributed by atoms with Crippen LogP contribution in [0.2, 0.25) is 5.02 Å². The molecule has 9 heteroatoms. The number of hydrogen-bond acceptors (Lipinski definition) is 4. The van der Waals surface area contributed by atoms with Gasteiger partial charge in [-0.3, -0.25) is 9.10 Å². The summed E-state index contributed by atoms with van der Waals surface area (Å²) in [7, 11) is -2.78. The van der Waals surface area contributed by atoms with Crippen LogP contribution in [0.5, 0.6) is 5.75 Å². The van der Waals surface area contributed by atoms with Gasteiger partial charge in [0.2, 0.25) is 5.91 Å². The number of anilines is 2. The Morgan fingerprint density at radius 2 is 1.65 bits per heavy atom. The summed E-state index contributed by atoms with van der Waals surface area (Å²) in [5.74, 6) is -0.297. The summed E-state index contributed by atoms with van der Waals surface area (Å²) in [6.45, 7) is 6.91. The third kappa shape index (κ3) is 5.56. The topological polar surface area (TPSA) is 75.7 Å². The lowest BCUT2D eigenvalue weighted by Gasteiger charge is -2.26. The molecule has 1 N–H and O–H groups in total. The second kappa shape index (κ2) is 10.4. The number of rotatable bonds is 7. The van der Waals surface area contributed by atoms with Crippen LogP contribution in [0.25, 0.3) is 0 Å². The average Bonchev–Trinajstić information content (AvgIpc) is 2.76. The van der Waals surface area contributed by atoms with Crippen molar-refractivity contribution in [2.75, 3.05) is 23.3 Å². The third-order valence-corrected chi connectivity index (χ3v) is 8.04. The molecule has 0 aliphatic heterocycles. The van der Waals surface area contributed by atoms with E-state index in [4.69, 9.17) is 16.3 Å². The zero-order chi connectivity index (χ0) is 25.2. The zero-order valence-electron chi connectivity index (χ0n) is 19.6. The fraction of sp³-hybridized carbons (Fsp3) is 0.240. The Labute approximate surface area is 214 Å². The molecule has 6 nitrogen and oxygen atoms in total. The molecule has 3 aromatic carbocycles. The highest BCUT2D eigenvalue weighted by atomic mass is 79.9. The van der Waals surface area contributed by atoms with Gasteiger partial charge in [0.15, 0.2) is 0 Å². The van der Waals surface area contributed by atoms with Crippen molar-refractivity contribution in [3.05, 3.63) is 80.3 Å². The second-order valence-corrected chi connectivity index (χ2v) is 11.2. The number of aryl methyl sites for hydroxylation is 4. The summed E-state index contributed by atoms with van der Waals surface area (Å²) in [4.78, 5) is 13.1. The molecule has 0 saturated carbocycles. The Balaban J connectivity index is 2.07. The number of sulfonamides is 1. The molecule has 0 aliphatic carbocycles. The van der Waals surface area contributed by atoms with Crippen LogP contribution in [0.4, 0.5) is 11.4 Å². The van der Waals surface area contributed by atoms with Crippen LogP contribution in [0.3, 0.4) is 0 Å². The number of benzene rings is 3. The smallest absolute Gasteiger partial charge is 0.268 e. The molecule has 3 rings (SSSR count). The van der Waals surface area contributed by atoms with Crippen molar-refractivity contribution in [2.45, 2.75) is 32.6 Å². The van der Waals surface area contributed by atoms with Gasteiger partial charge in [0.05, 0.1) is 12.8 Å². The molecule has 0 spiro atoms. The lowest BCUT2D eigenvalue weighted by molar-refractivity contribution is -0.114. The van der Waals surface area contributed by atoms with E-state index in [0.717, 1.165) is 31.0 Å². The molecule has 3 aromatic rings. The van der Waals surface area contributed by atoms with Gasteiger partial charge in [-0.15, -0.1) is 0 Å². The number of methoxy groups -OCH3 is 1. The first-order valence-corrected chi connectivity index (χ1v) is 13.0. The Bertz CT molecular complexity index is 1340. The van der Waals surface area contributed by atoms with Gasteiger partial charge < -0.3 is 10.1 Å². The summed E-state index contributed by atoms with van der Waals surface area (Å²) >= 11 is 9.75. The molecule has 0 saturated heterocycles. The van der Waals surface area contributed by atoms with E-state index in [1.165, 1.54) is 13.2 Å². The molecule has 0 aromatic heterocycles. The van der Waals surface area contributed by atoms with E-state index in [-0.39, 0.29) is 16.3 Å². The minimum Gasteiger partial charge on any atom is -0.495 e. The molecule has 0 heterocycles. The van der Waals surface area contributed by atoms with Gasteiger partial charge in [0.25, 0.3) is 10.0 Å². The molecule has 0 atom stereocenters. The quantitative estimate of drug-likeness (QED) is 0.371. The standard InChI is InChI=1S/C25H26BrClN2O4S/c1-15-6-9-22(33-5)23(10-15)34(31,32)29(20-8-7-16(2)21(27)13-20)14-24(30)28-25-17(3)11-19(26)12-18(25)4/h6-13H,14H2,1-5H3,(H,28,30). The van der Waals surface area contributed by atoms with Gasteiger partial charge in [0, 0.05) is 15.2 Å². The highest BCUT2D eigenvalue weighted by molar-refractivity contribution is 9.10. The summed E-state index contributed by atoms with van der Waals surface area (Å²) in [5.41, 5.74) is 4.16. The van der Waals surface area contributed by atoms with E-state index >= 15 is 0 Å². The number of carbonyl (C=O) groups excluding carboxylic acids is 1. The van der Waals surface area contributed by atoms with Gasteiger partial charge in [-0.2, -0.15) is 0 Å². The maximum Gasteiger partial charge on any atom is 0.268 e. The molecule has 0 radical (unpaired) electrons. The van der Waals surface area contributed by atoms with Crippen LogP contribution < -0.4 is 14.4 Å². The fourth-order valence-corrected chi connectivity index (χ4v) is 6.09. The van der Waals surface area contributed by atoms with Gasteiger partial charge in [0.1, 0.15) is 17.2 Å². The number of halogens is 2. The minimum absolute atomic E-state index is 0.0319. The van der Waals surface area contributed by atoms with Crippen molar-refractivity contribution in [3.8, 4) is 5.75 Å². The maximum absolute atomic E-state index is 13.8. The number of hydrogen-bond donors (Lipinski definition) is 1. The van der Waals surface area contributed by atoms with E-state index in [1.807, 2.05) is 32.9 Å². The lowest BCUT2D eigenvalue weighted by Crippen LogP contribution is -2.38. The highest BCUT2D eigenvalue weighted by Crippen LogP contribution is 2.33. The predicted molar refractivity (Wildman–Crippen MR) is 141 cm³/mol. The number of amides is 1. The van der Waals surface area contributed by atoms with Gasteiger partial charge in [-0.1, -0.05) is 39.7 Å². The van der Waals surface area contributed by atoms with Crippen LogP contribution >= 0.6 is 27.5 Å². The van der Waals surface area contributed by atoms with Crippen LogP contribution in [-0.4, -0.2) is 28.0 Å². The first-order valence-electron chi connectivity index (χ1n) is 10.4. The highest BCUT2D eigenvalue weighted by Gasteiger charge is 2.31. The van der Waals surface area contributed by atoms with Crippen molar-refractivity contribution in [2.24, 2.45) is 0 Å². The molecule has 34 heavy (non-hydrogen) atoms. The van der Waals surface area contributed by atoms with E-state index < -0.39 is 22.5 Å². The number of carbonyl (C=O) groups is 1. The van der Waals surface area contributed by atoms with Crippen molar-refractivity contribution in [1.82, 2.24) is 0 Å². The average molecular weight is 566 g/mol. The summed E-state index contributed by atoms with van der Waals surface area (Å²) in [6, 6.07) is 13.5. The Hall–Kier alpha value is -2.55. The normalized spacial score (nSPS) is 11.3. The lowest BCUT2D eigenvalue weighted by atomic mass is 10.1. The first-order chi connectivity index (χ1) is 15.9.